The summed E-state index contributed by atoms with van der Waals surface area (Å²) in [5, 5.41) is 0. The number of hydrogen-bond acceptors (Lipinski definition) is 5. The van der Waals surface area contributed by atoms with E-state index in [1.165, 1.54) is 0 Å². The molecule has 0 spiro atoms. The number of phosphoric ester groups is 1. The molecule has 0 fully saturated rings. The van der Waals surface area contributed by atoms with Crippen LogP contribution in [-0.2, 0) is 13.9 Å². The van der Waals surface area contributed by atoms with Gasteiger partial charge in [-0.3, -0.25) is 4.79 Å². The van der Waals surface area contributed by atoms with Gasteiger partial charge in [-0.05, 0) is 30.2 Å². The molecule has 0 bridgehead atoms. The Morgan fingerprint density at radius 1 is 0.913 bits per heavy atom. The molecule has 0 heterocycles. The first-order valence-corrected chi connectivity index (χ1v) is 8.75. The molecule has 2 rings (SSSR count). The molecule has 6 heteroatoms. The van der Waals surface area contributed by atoms with E-state index in [4.69, 9.17) is 13.6 Å². The van der Waals surface area contributed by atoms with Gasteiger partial charge in [-0.2, -0.15) is 4.57 Å². The fraction of sp³-hybridized carbons (Fsp3) is 0.235. The lowest BCUT2D eigenvalue weighted by Gasteiger charge is -2.18. The average Bonchev–Trinajstić information content (AvgIpc) is 2.47. The Labute approximate surface area is 135 Å². The molecule has 0 aliphatic heterocycles. The van der Waals surface area contributed by atoms with Gasteiger partial charge in [0, 0.05) is 6.42 Å². The summed E-state index contributed by atoms with van der Waals surface area (Å²) in [6, 6.07) is 16.9. The Kier molecular flexibility index (Phi) is 5.83. The number of para-hydroxylation sites is 2. The predicted octanol–water partition coefficient (Wildman–Crippen LogP) is 4.84. The van der Waals surface area contributed by atoms with Gasteiger partial charge in [0.05, 0.1) is 0 Å². The molecule has 0 atom stereocenters. The first-order valence-electron chi connectivity index (χ1n) is 7.28. The topological polar surface area (TPSA) is 61.8 Å². The minimum absolute atomic E-state index is 0.0735. The molecule has 122 valence electrons. The summed E-state index contributed by atoms with van der Waals surface area (Å²) in [4.78, 5) is 11.9. The molecule has 2 aromatic carbocycles. The molecular formula is C17H19O5P. The SMILES string of the molecule is CC(C)CC(=O)OP(=O)(Oc1ccccc1)Oc1ccccc1. The minimum atomic E-state index is -4.13. The summed E-state index contributed by atoms with van der Waals surface area (Å²) in [7, 11) is -4.13. The first-order chi connectivity index (χ1) is 11.0. The van der Waals surface area contributed by atoms with Crippen molar-refractivity contribution in [1.82, 2.24) is 0 Å². The molecule has 5 nitrogen and oxygen atoms in total. The smallest absolute Gasteiger partial charge is 0.386 e. The van der Waals surface area contributed by atoms with Crippen LogP contribution in [0.15, 0.2) is 60.7 Å². The van der Waals surface area contributed by atoms with Crippen LogP contribution in [0.5, 0.6) is 11.5 Å². The normalized spacial score (nSPS) is 11.1. The first kappa shape index (κ1) is 17.1. The van der Waals surface area contributed by atoms with Gasteiger partial charge in [0.1, 0.15) is 11.5 Å². The molecule has 0 aliphatic rings. The molecule has 0 unspecified atom stereocenters. The molecule has 0 aliphatic carbocycles. The van der Waals surface area contributed by atoms with Crippen LogP contribution in [0.2, 0.25) is 0 Å². The lowest BCUT2D eigenvalue weighted by Crippen LogP contribution is -2.12. The molecule has 23 heavy (non-hydrogen) atoms. The third-order valence-electron chi connectivity index (χ3n) is 2.71. The van der Waals surface area contributed by atoms with E-state index in [1.54, 1.807) is 60.7 Å². The fourth-order valence-electron chi connectivity index (χ4n) is 1.77. The van der Waals surface area contributed by atoms with Crippen LogP contribution in [0, 0.1) is 5.92 Å². The number of rotatable bonds is 7. The lowest BCUT2D eigenvalue weighted by molar-refractivity contribution is -0.136. The van der Waals surface area contributed by atoms with Crippen molar-refractivity contribution in [3.05, 3.63) is 60.7 Å². The zero-order valence-corrected chi connectivity index (χ0v) is 13.9. The van der Waals surface area contributed by atoms with Crippen molar-refractivity contribution in [2.45, 2.75) is 20.3 Å². The van der Waals surface area contributed by atoms with Gasteiger partial charge in [-0.25, -0.2) is 0 Å². The summed E-state index contributed by atoms with van der Waals surface area (Å²) in [6.07, 6.45) is 0.125. The minimum Gasteiger partial charge on any atom is -0.386 e. The van der Waals surface area contributed by atoms with Crippen LogP contribution in [-0.4, -0.2) is 5.97 Å². The van der Waals surface area contributed by atoms with Gasteiger partial charge >= 0.3 is 13.8 Å². The molecule has 0 saturated carbocycles. The van der Waals surface area contributed by atoms with Gasteiger partial charge in [-0.1, -0.05) is 50.2 Å². The van der Waals surface area contributed by atoms with Crippen molar-refractivity contribution in [3.8, 4) is 11.5 Å². The number of phosphoric acid groups is 1. The van der Waals surface area contributed by atoms with E-state index in [-0.39, 0.29) is 12.3 Å². The maximum atomic E-state index is 12.9. The van der Waals surface area contributed by atoms with Gasteiger partial charge in [-0.15, -0.1) is 0 Å². The quantitative estimate of drug-likeness (QED) is 0.678. The molecule has 0 radical (unpaired) electrons. The second-order valence-corrected chi connectivity index (χ2v) is 6.76. The monoisotopic (exact) mass is 334 g/mol. The Morgan fingerprint density at radius 2 is 1.35 bits per heavy atom. The highest BCUT2D eigenvalue weighted by Crippen LogP contribution is 2.50. The molecule has 0 saturated heterocycles. The number of hydrogen-bond donors (Lipinski definition) is 0. The van der Waals surface area contributed by atoms with Crippen molar-refractivity contribution >= 4 is 13.8 Å². The zero-order valence-electron chi connectivity index (χ0n) is 13.0. The standard InChI is InChI=1S/C17H19O5P/c1-14(2)13-17(18)22-23(19,20-15-9-5-3-6-10-15)21-16-11-7-4-8-12-16/h3-12,14H,13H2,1-2H3. The van der Waals surface area contributed by atoms with E-state index >= 15 is 0 Å². The molecular weight excluding hydrogens is 315 g/mol. The summed E-state index contributed by atoms with van der Waals surface area (Å²) in [5.74, 6) is 0.0350. The van der Waals surface area contributed by atoms with Crippen LogP contribution in [0.3, 0.4) is 0 Å². The van der Waals surface area contributed by atoms with Crippen molar-refractivity contribution in [2.24, 2.45) is 5.92 Å². The molecule has 0 amide bonds. The van der Waals surface area contributed by atoms with E-state index in [9.17, 15) is 9.36 Å². The van der Waals surface area contributed by atoms with E-state index in [2.05, 4.69) is 0 Å². The summed E-state index contributed by atoms with van der Waals surface area (Å²) in [6.45, 7) is 3.73. The average molecular weight is 334 g/mol. The largest absolute Gasteiger partial charge is 0.649 e. The molecule has 0 aromatic heterocycles. The molecule has 0 N–H and O–H groups in total. The van der Waals surface area contributed by atoms with E-state index in [0.29, 0.717) is 11.5 Å². The van der Waals surface area contributed by atoms with Gasteiger partial charge in [0.15, 0.2) is 0 Å². The third-order valence-corrected chi connectivity index (χ3v) is 4.01. The highest BCUT2D eigenvalue weighted by atomic mass is 31.2. The van der Waals surface area contributed by atoms with Crippen molar-refractivity contribution in [3.63, 3.8) is 0 Å². The lowest BCUT2D eigenvalue weighted by atomic mass is 10.1. The number of carbonyl (C=O) groups excluding carboxylic acids is 1. The van der Waals surface area contributed by atoms with E-state index < -0.39 is 13.8 Å². The van der Waals surface area contributed by atoms with Crippen LogP contribution >= 0.6 is 7.82 Å². The maximum Gasteiger partial charge on any atom is 0.649 e. The Bertz CT molecular complexity index is 624. The highest BCUT2D eigenvalue weighted by Gasteiger charge is 2.35. The summed E-state index contributed by atoms with van der Waals surface area (Å²) < 4.78 is 28.6. The summed E-state index contributed by atoms with van der Waals surface area (Å²) in [5.41, 5.74) is 0. The fourth-order valence-corrected chi connectivity index (χ4v) is 2.97. The Hall–Kier alpha value is -2.26. The second-order valence-electron chi connectivity index (χ2n) is 5.32. The van der Waals surface area contributed by atoms with Crippen LogP contribution < -0.4 is 9.05 Å². The van der Waals surface area contributed by atoms with Crippen LogP contribution in [0.4, 0.5) is 0 Å². The van der Waals surface area contributed by atoms with Crippen LogP contribution in [0.1, 0.15) is 20.3 Å². The van der Waals surface area contributed by atoms with Gasteiger partial charge < -0.3 is 13.6 Å². The second kappa shape index (κ2) is 7.84. The number of carbonyl (C=O) groups is 1. The van der Waals surface area contributed by atoms with Gasteiger partial charge in [0.2, 0.25) is 0 Å². The highest BCUT2D eigenvalue weighted by molar-refractivity contribution is 7.50. The zero-order chi connectivity index (χ0) is 16.7. The Balaban J connectivity index is 2.19. The van der Waals surface area contributed by atoms with Crippen molar-refractivity contribution in [2.75, 3.05) is 0 Å². The predicted molar refractivity (Wildman–Crippen MR) is 87.3 cm³/mol. The third kappa shape index (κ3) is 5.80. The van der Waals surface area contributed by atoms with E-state index in [0.717, 1.165) is 0 Å². The maximum absolute atomic E-state index is 12.9. The van der Waals surface area contributed by atoms with Crippen LogP contribution in [0.25, 0.3) is 0 Å². The van der Waals surface area contributed by atoms with Crippen molar-refractivity contribution < 1.29 is 22.9 Å². The van der Waals surface area contributed by atoms with Gasteiger partial charge in [0.25, 0.3) is 0 Å². The number of benzene rings is 2. The van der Waals surface area contributed by atoms with Crippen molar-refractivity contribution in [1.29, 1.82) is 0 Å². The molecule has 2 aromatic rings. The summed E-state index contributed by atoms with van der Waals surface area (Å²) >= 11 is 0. The Morgan fingerprint density at radius 3 is 1.74 bits per heavy atom. The van der Waals surface area contributed by atoms with E-state index in [1.807, 2.05) is 13.8 Å².